The van der Waals surface area contributed by atoms with Gasteiger partial charge in [-0.15, -0.1) is 0 Å². The van der Waals surface area contributed by atoms with Gasteiger partial charge in [0.05, 0.1) is 12.7 Å². The molecule has 0 aromatic rings. The molecule has 0 saturated carbocycles. The first-order valence-electron chi connectivity index (χ1n) is 4.85. The highest BCUT2D eigenvalue weighted by Gasteiger charge is 2.31. The van der Waals surface area contributed by atoms with E-state index in [4.69, 9.17) is 4.74 Å². The normalized spacial score (nSPS) is 32.2. The van der Waals surface area contributed by atoms with Crippen LogP contribution in [0.2, 0.25) is 0 Å². The largest absolute Gasteiger partial charge is 0.466 e. The summed E-state index contributed by atoms with van der Waals surface area (Å²) in [4.78, 5) is 11.4. The molecule has 2 aliphatic heterocycles. The summed E-state index contributed by atoms with van der Waals surface area (Å²) in [5.74, 6) is -0.167. The van der Waals surface area contributed by atoms with Gasteiger partial charge in [0.1, 0.15) is 0 Å². The Labute approximate surface area is 78.1 Å². The van der Waals surface area contributed by atoms with Crippen LogP contribution in [0.5, 0.6) is 0 Å². The van der Waals surface area contributed by atoms with Crippen LogP contribution < -0.4 is 5.32 Å². The molecule has 2 heterocycles. The summed E-state index contributed by atoms with van der Waals surface area (Å²) >= 11 is 0. The fraction of sp³-hybridized carbons (Fsp3) is 0.700. The van der Waals surface area contributed by atoms with Gasteiger partial charge in [-0.05, 0) is 25.7 Å². The highest BCUT2D eigenvalue weighted by Crippen LogP contribution is 2.26. The Morgan fingerprint density at radius 2 is 2.38 bits per heavy atom. The van der Waals surface area contributed by atoms with Crippen molar-refractivity contribution in [2.24, 2.45) is 0 Å². The van der Waals surface area contributed by atoms with Crippen LogP contribution in [0.15, 0.2) is 11.6 Å². The number of ether oxygens (including phenoxy) is 1. The van der Waals surface area contributed by atoms with E-state index < -0.39 is 0 Å². The van der Waals surface area contributed by atoms with Gasteiger partial charge in [-0.2, -0.15) is 0 Å². The number of hydrogen-bond acceptors (Lipinski definition) is 3. The molecule has 0 aromatic heterocycles. The van der Waals surface area contributed by atoms with E-state index in [1.165, 1.54) is 13.5 Å². The topological polar surface area (TPSA) is 38.3 Å². The number of hydrogen-bond donors (Lipinski definition) is 1. The SMILES string of the molecule is COC(=O)C1=CCCC2CC[C@H]1N2. The van der Waals surface area contributed by atoms with E-state index in [1.807, 2.05) is 6.08 Å². The third-order valence-corrected chi connectivity index (χ3v) is 2.92. The molecule has 1 N–H and O–H groups in total. The summed E-state index contributed by atoms with van der Waals surface area (Å²) in [5, 5.41) is 3.45. The van der Waals surface area contributed by atoms with Crippen molar-refractivity contribution in [1.82, 2.24) is 5.32 Å². The van der Waals surface area contributed by atoms with Crippen molar-refractivity contribution in [3.63, 3.8) is 0 Å². The van der Waals surface area contributed by atoms with Crippen molar-refractivity contribution in [2.45, 2.75) is 37.8 Å². The van der Waals surface area contributed by atoms with Gasteiger partial charge >= 0.3 is 5.97 Å². The van der Waals surface area contributed by atoms with Crippen molar-refractivity contribution in [1.29, 1.82) is 0 Å². The molecule has 0 aliphatic carbocycles. The van der Waals surface area contributed by atoms with Crippen LogP contribution in [0.3, 0.4) is 0 Å². The lowest BCUT2D eigenvalue weighted by Gasteiger charge is -2.12. The average molecular weight is 181 g/mol. The molecule has 13 heavy (non-hydrogen) atoms. The zero-order valence-corrected chi connectivity index (χ0v) is 7.88. The number of methoxy groups -OCH3 is 1. The van der Waals surface area contributed by atoms with Crippen molar-refractivity contribution < 1.29 is 9.53 Å². The molecular weight excluding hydrogens is 166 g/mol. The van der Waals surface area contributed by atoms with Crippen LogP contribution in [0.4, 0.5) is 0 Å². The smallest absolute Gasteiger partial charge is 0.335 e. The summed E-state index contributed by atoms with van der Waals surface area (Å²) < 4.78 is 4.75. The van der Waals surface area contributed by atoms with Gasteiger partial charge in [-0.25, -0.2) is 4.79 Å². The number of allylic oxidation sites excluding steroid dienone is 1. The number of carbonyl (C=O) groups excluding carboxylic acids is 1. The Morgan fingerprint density at radius 3 is 3.15 bits per heavy atom. The molecule has 1 unspecified atom stereocenters. The van der Waals surface area contributed by atoms with Crippen LogP contribution in [0, 0.1) is 0 Å². The number of nitrogens with one attached hydrogen (secondary N) is 1. The molecule has 0 radical (unpaired) electrons. The highest BCUT2D eigenvalue weighted by molar-refractivity contribution is 5.89. The van der Waals surface area contributed by atoms with E-state index in [-0.39, 0.29) is 12.0 Å². The van der Waals surface area contributed by atoms with Gasteiger partial charge in [-0.3, -0.25) is 0 Å². The van der Waals surface area contributed by atoms with Crippen molar-refractivity contribution in [2.75, 3.05) is 7.11 Å². The van der Waals surface area contributed by atoms with E-state index in [0.717, 1.165) is 24.8 Å². The minimum absolute atomic E-state index is 0.167. The fourth-order valence-corrected chi connectivity index (χ4v) is 2.22. The standard InChI is InChI=1S/C10H15NO2/c1-13-10(12)8-4-2-3-7-5-6-9(8)11-7/h4,7,9,11H,2-3,5-6H2,1H3/t7?,9-/m1/s1. The maximum Gasteiger partial charge on any atom is 0.335 e. The van der Waals surface area contributed by atoms with Crippen LogP contribution in [0.25, 0.3) is 0 Å². The van der Waals surface area contributed by atoms with E-state index in [9.17, 15) is 4.79 Å². The van der Waals surface area contributed by atoms with Crippen LogP contribution in [-0.2, 0) is 9.53 Å². The number of carbonyl (C=O) groups is 1. The lowest BCUT2D eigenvalue weighted by Crippen LogP contribution is -2.31. The number of esters is 1. The third-order valence-electron chi connectivity index (χ3n) is 2.92. The average Bonchev–Trinajstić information content (AvgIpc) is 2.46. The Bertz CT molecular complexity index is 247. The molecule has 2 atom stereocenters. The highest BCUT2D eigenvalue weighted by atomic mass is 16.5. The van der Waals surface area contributed by atoms with Crippen molar-refractivity contribution in [3.05, 3.63) is 11.6 Å². The molecule has 2 rings (SSSR count). The Hall–Kier alpha value is -0.830. The molecule has 2 aliphatic rings. The van der Waals surface area contributed by atoms with Gasteiger partial charge in [-0.1, -0.05) is 6.08 Å². The Balaban J connectivity index is 2.16. The van der Waals surface area contributed by atoms with E-state index >= 15 is 0 Å². The van der Waals surface area contributed by atoms with Crippen molar-refractivity contribution in [3.8, 4) is 0 Å². The lowest BCUT2D eigenvalue weighted by molar-refractivity contribution is -0.136. The second-order valence-electron chi connectivity index (χ2n) is 3.72. The first-order chi connectivity index (χ1) is 6.31. The maximum atomic E-state index is 11.4. The van der Waals surface area contributed by atoms with E-state index in [1.54, 1.807) is 0 Å². The first kappa shape index (κ1) is 8.75. The second kappa shape index (κ2) is 3.50. The predicted octanol–water partition coefficient (Wildman–Crippen LogP) is 1.00. The Morgan fingerprint density at radius 1 is 1.54 bits per heavy atom. The van der Waals surface area contributed by atoms with E-state index in [0.29, 0.717) is 6.04 Å². The van der Waals surface area contributed by atoms with E-state index in [2.05, 4.69) is 5.32 Å². The summed E-state index contributed by atoms with van der Waals surface area (Å²) in [5.41, 5.74) is 0.836. The van der Waals surface area contributed by atoms with Crippen LogP contribution >= 0.6 is 0 Å². The summed E-state index contributed by atoms with van der Waals surface area (Å²) in [6.45, 7) is 0. The number of fused-ring (bicyclic) bond motifs is 2. The monoisotopic (exact) mass is 181 g/mol. The summed E-state index contributed by atoms with van der Waals surface area (Å²) in [6, 6.07) is 0.864. The van der Waals surface area contributed by atoms with Gasteiger partial charge in [0.25, 0.3) is 0 Å². The van der Waals surface area contributed by atoms with Crippen LogP contribution in [0.1, 0.15) is 25.7 Å². The molecule has 1 saturated heterocycles. The molecule has 2 bridgehead atoms. The Kier molecular flexibility index (Phi) is 2.36. The molecule has 72 valence electrons. The minimum Gasteiger partial charge on any atom is -0.466 e. The predicted molar refractivity (Wildman–Crippen MR) is 49.3 cm³/mol. The van der Waals surface area contributed by atoms with Crippen LogP contribution in [-0.4, -0.2) is 25.2 Å². The summed E-state index contributed by atoms with van der Waals surface area (Å²) in [6.07, 6.45) is 6.45. The van der Waals surface area contributed by atoms with Gasteiger partial charge in [0.15, 0.2) is 0 Å². The quantitative estimate of drug-likeness (QED) is 0.613. The zero-order valence-electron chi connectivity index (χ0n) is 7.88. The minimum atomic E-state index is -0.167. The van der Waals surface area contributed by atoms with Crippen molar-refractivity contribution >= 4 is 5.97 Å². The molecular formula is C10H15NO2. The molecule has 0 aromatic carbocycles. The molecule has 1 fully saturated rings. The molecule has 0 amide bonds. The third kappa shape index (κ3) is 1.61. The lowest BCUT2D eigenvalue weighted by atomic mass is 10.00. The van der Waals surface area contributed by atoms with Gasteiger partial charge < -0.3 is 10.1 Å². The van der Waals surface area contributed by atoms with Gasteiger partial charge in [0.2, 0.25) is 0 Å². The maximum absolute atomic E-state index is 11.4. The fourth-order valence-electron chi connectivity index (χ4n) is 2.22. The second-order valence-corrected chi connectivity index (χ2v) is 3.72. The summed E-state index contributed by atoms with van der Waals surface area (Å²) in [7, 11) is 1.44. The number of rotatable bonds is 1. The molecule has 3 nitrogen and oxygen atoms in total. The molecule has 3 heteroatoms. The zero-order chi connectivity index (χ0) is 9.26. The molecule has 0 spiro atoms. The van der Waals surface area contributed by atoms with Gasteiger partial charge in [0, 0.05) is 12.1 Å². The first-order valence-corrected chi connectivity index (χ1v) is 4.85.